The minimum atomic E-state index is -0.457. The molecule has 0 saturated carbocycles. The van der Waals surface area contributed by atoms with Gasteiger partial charge in [0.15, 0.2) is 0 Å². The third-order valence-electron chi connectivity index (χ3n) is 4.35. The molecular formula is C17H27ClNO3+. The number of likely N-dealkylation sites (tertiary alicyclic amines) is 1. The zero-order chi connectivity index (χ0) is 15.8. The number of aliphatic hydroxyl groups is 2. The number of ether oxygens (including phenoxy) is 1. The van der Waals surface area contributed by atoms with Gasteiger partial charge >= 0.3 is 0 Å². The molecule has 2 rings (SSSR count). The first-order valence-corrected chi connectivity index (χ1v) is 8.52. The fraction of sp³-hybridized carbons (Fsp3) is 0.647. The van der Waals surface area contributed by atoms with Crippen LogP contribution in [0.15, 0.2) is 24.3 Å². The molecule has 4 nitrogen and oxygen atoms in total. The third-order valence-corrected chi connectivity index (χ3v) is 4.60. The monoisotopic (exact) mass is 328 g/mol. The van der Waals surface area contributed by atoms with E-state index in [9.17, 15) is 5.11 Å². The number of aliphatic hydroxyl groups excluding tert-OH is 2. The summed E-state index contributed by atoms with van der Waals surface area (Å²) in [5.74, 6) is 0. The molecule has 0 aromatic heterocycles. The van der Waals surface area contributed by atoms with Gasteiger partial charge in [-0.05, 0) is 37.0 Å². The summed E-state index contributed by atoms with van der Waals surface area (Å²) in [6.07, 6.45) is 3.95. The van der Waals surface area contributed by atoms with Crippen LogP contribution < -0.4 is 4.90 Å². The molecule has 1 aliphatic heterocycles. The summed E-state index contributed by atoms with van der Waals surface area (Å²) in [5.41, 5.74) is 1.06. The lowest BCUT2D eigenvalue weighted by molar-refractivity contribution is -0.934. The van der Waals surface area contributed by atoms with Crippen LogP contribution in [-0.4, -0.2) is 48.7 Å². The van der Waals surface area contributed by atoms with E-state index >= 15 is 0 Å². The van der Waals surface area contributed by atoms with Gasteiger partial charge in [0.05, 0.1) is 25.8 Å². The maximum Gasteiger partial charge on any atom is 0.126 e. The lowest BCUT2D eigenvalue weighted by Gasteiger charge is -2.33. The number of hydrogen-bond acceptors (Lipinski definition) is 3. The number of nitrogens with one attached hydrogen (secondary N) is 1. The summed E-state index contributed by atoms with van der Waals surface area (Å²) < 4.78 is 5.60. The van der Waals surface area contributed by atoms with E-state index < -0.39 is 6.10 Å². The van der Waals surface area contributed by atoms with Gasteiger partial charge in [0, 0.05) is 18.1 Å². The summed E-state index contributed by atoms with van der Waals surface area (Å²) in [5, 5.41) is 20.0. The molecule has 1 aromatic carbocycles. The Kier molecular flexibility index (Phi) is 7.63. The molecule has 0 spiro atoms. The van der Waals surface area contributed by atoms with Gasteiger partial charge in [0.1, 0.15) is 12.6 Å². The van der Waals surface area contributed by atoms with Crippen LogP contribution in [0, 0.1) is 0 Å². The summed E-state index contributed by atoms with van der Waals surface area (Å²) in [6, 6.07) is 8.02. The highest BCUT2D eigenvalue weighted by molar-refractivity contribution is 6.30. The van der Waals surface area contributed by atoms with Crippen molar-refractivity contribution in [1.82, 2.24) is 0 Å². The number of rotatable bonds is 8. The number of quaternary nitrogens is 1. The fourth-order valence-corrected chi connectivity index (χ4v) is 3.31. The smallest absolute Gasteiger partial charge is 0.126 e. The number of benzene rings is 1. The van der Waals surface area contributed by atoms with Crippen molar-refractivity contribution >= 4 is 11.6 Å². The van der Waals surface area contributed by atoms with Gasteiger partial charge in [-0.3, -0.25) is 0 Å². The Hall–Kier alpha value is -0.650. The molecule has 0 bridgehead atoms. The van der Waals surface area contributed by atoms with E-state index in [-0.39, 0.29) is 6.61 Å². The summed E-state index contributed by atoms with van der Waals surface area (Å²) in [4.78, 5) is 1.41. The average Bonchev–Trinajstić information content (AvgIpc) is 2.51. The Bertz CT molecular complexity index is 424. The van der Waals surface area contributed by atoms with Gasteiger partial charge in [-0.15, -0.1) is 0 Å². The molecule has 1 aliphatic rings. The van der Waals surface area contributed by atoms with Crippen LogP contribution in [0.4, 0.5) is 0 Å². The first-order chi connectivity index (χ1) is 10.7. The van der Waals surface area contributed by atoms with Crippen LogP contribution in [0.25, 0.3) is 0 Å². The van der Waals surface area contributed by atoms with E-state index in [4.69, 9.17) is 21.4 Å². The Morgan fingerprint density at radius 2 is 2.05 bits per heavy atom. The second-order valence-corrected chi connectivity index (χ2v) is 6.55. The van der Waals surface area contributed by atoms with E-state index in [0.29, 0.717) is 30.8 Å². The first kappa shape index (κ1) is 17.7. The maximum absolute atomic E-state index is 10.2. The van der Waals surface area contributed by atoms with E-state index in [1.165, 1.54) is 17.7 Å². The van der Waals surface area contributed by atoms with Gasteiger partial charge in [0.2, 0.25) is 0 Å². The normalized spacial score (nSPS) is 23.4. The lowest BCUT2D eigenvalue weighted by atomic mass is 9.99. The molecule has 1 heterocycles. The molecule has 5 heteroatoms. The molecule has 1 fully saturated rings. The largest absolute Gasteiger partial charge is 0.396 e. The fourth-order valence-electron chi connectivity index (χ4n) is 3.18. The maximum atomic E-state index is 10.2. The van der Waals surface area contributed by atoms with Crippen molar-refractivity contribution in [2.45, 2.75) is 44.4 Å². The van der Waals surface area contributed by atoms with Crippen LogP contribution in [0.2, 0.25) is 5.02 Å². The van der Waals surface area contributed by atoms with Crippen LogP contribution in [-0.2, 0) is 11.3 Å². The van der Waals surface area contributed by atoms with E-state index in [1.807, 2.05) is 24.3 Å². The van der Waals surface area contributed by atoms with Gasteiger partial charge < -0.3 is 19.8 Å². The molecule has 124 valence electrons. The minimum Gasteiger partial charge on any atom is -0.396 e. The zero-order valence-corrected chi connectivity index (χ0v) is 13.8. The first-order valence-electron chi connectivity index (χ1n) is 8.14. The molecule has 0 aliphatic carbocycles. The SMILES string of the molecule is OCC[C@@H]1CCCC[NH+]1C[C@@H](O)COCc1ccc(Cl)cc1. The Morgan fingerprint density at radius 1 is 1.27 bits per heavy atom. The predicted molar refractivity (Wildman–Crippen MR) is 87.2 cm³/mol. The molecule has 3 N–H and O–H groups in total. The van der Waals surface area contributed by atoms with Crippen LogP contribution in [0.5, 0.6) is 0 Å². The Labute approximate surface area is 137 Å². The minimum absolute atomic E-state index is 0.233. The Balaban J connectivity index is 1.70. The molecule has 1 saturated heterocycles. The van der Waals surface area contributed by atoms with Crippen molar-refractivity contribution in [3.8, 4) is 0 Å². The molecule has 0 radical (unpaired) electrons. The highest BCUT2D eigenvalue weighted by Crippen LogP contribution is 2.10. The molecular weight excluding hydrogens is 302 g/mol. The van der Waals surface area contributed by atoms with Crippen molar-refractivity contribution in [2.75, 3.05) is 26.3 Å². The molecule has 1 aromatic rings. The Morgan fingerprint density at radius 3 is 2.77 bits per heavy atom. The van der Waals surface area contributed by atoms with Crippen LogP contribution >= 0.6 is 11.6 Å². The summed E-state index contributed by atoms with van der Waals surface area (Å²) in [7, 11) is 0. The number of hydrogen-bond donors (Lipinski definition) is 3. The summed E-state index contributed by atoms with van der Waals surface area (Å²) >= 11 is 5.84. The predicted octanol–water partition coefficient (Wildman–Crippen LogP) is 1.04. The third kappa shape index (κ3) is 5.86. The van der Waals surface area contributed by atoms with Crippen molar-refractivity contribution in [2.24, 2.45) is 0 Å². The second-order valence-electron chi connectivity index (χ2n) is 6.11. The quantitative estimate of drug-likeness (QED) is 0.668. The molecule has 3 atom stereocenters. The summed E-state index contributed by atoms with van der Waals surface area (Å²) in [6.45, 7) is 2.85. The van der Waals surface area contributed by atoms with Gasteiger partial charge in [0.25, 0.3) is 0 Å². The van der Waals surface area contributed by atoms with Crippen molar-refractivity contribution in [3.05, 3.63) is 34.9 Å². The van der Waals surface area contributed by atoms with Gasteiger partial charge in [-0.1, -0.05) is 23.7 Å². The molecule has 22 heavy (non-hydrogen) atoms. The standard InChI is InChI=1S/C17H26ClNO3/c18-15-6-4-14(5-7-15)12-22-13-17(21)11-19-9-2-1-3-16(19)8-10-20/h4-7,16-17,20-21H,1-3,8-13H2/p+1/t16-,17+/m0/s1. The van der Waals surface area contributed by atoms with Crippen molar-refractivity contribution in [1.29, 1.82) is 0 Å². The highest BCUT2D eigenvalue weighted by Gasteiger charge is 2.27. The van der Waals surface area contributed by atoms with Crippen LogP contribution in [0.1, 0.15) is 31.2 Å². The van der Waals surface area contributed by atoms with Crippen molar-refractivity contribution in [3.63, 3.8) is 0 Å². The van der Waals surface area contributed by atoms with Crippen molar-refractivity contribution < 1.29 is 19.8 Å². The van der Waals surface area contributed by atoms with Gasteiger partial charge in [-0.25, -0.2) is 0 Å². The topological polar surface area (TPSA) is 54.1 Å². The zero-order valence-electron chi connectivity index (χ0n) is 13.0. The van der Waals surface area contributed by atoms with E-state index in [0.717, 1.165) is 24.9 Å². The number of halogens is 1. The second kappa shape index (κ2) is 9.48. The van der Waals surface area contributed by atoms with E-state index in [2.05, 4.69) is 0 Å². The molecule has 1 unspecified atom stereocenters. The molecule has 0 amide bonds. The average molecular weight is 329 g/mol. The van der Waals surface area contributed by atoms with Gasteiger partial charge in [-0.2, -0.15) is 0 Å². The highest BCUT2D eigenvalue weighted by atomic mass is 35.5. The van der Waals surface area contributed by atoms with Crippen LogP contribution in [0.3, 0.4) is 0 Å². The van der Waals surface area contributed by atoms with E-state index in [1.54, 1.807) is 0 Å². The number of piperidine rings is 1. The lowest BCUT2D eigenvalue weighted by Crippen LogP contribution is -3.17.